The minimum Gasteiger partial charge on any atom is -0.496 e. The van der Waals surface area contributed by atoms with Gasteiger partial charge in [-0.3, -0.25) is 14.3 Å². The molecule has 0 unspecified atom stereocenters. The van der Waals surface area contributed by atoms with Crippen molar-refractivity contribution in [3.8, 4) is 0 Å². The molecule has 1 fully saturated rings. The first-order valence-corrected chi connectivity index (χ1v) is 12.9. The van der Waals surface area contributed by atoms with Crippen molar-refractivity contribution >= 4 is 16.7 Å². The maximum atomic E-state index is 15.4. The highest BCUT2D eigenvalue weighted by Gasteiger charge is 2.46. The van der Waals surface area contributed by atoms with Crippen molar-refractivity contribution < 1.29 is 18.3 Å². The van der Waals surface area contributed by atoms with Crippen molar-refractivity contribution in [1.29, 1.82) is 0 Å². The van der Waals surface area contributed by atoms with Gasteiger partial charge in [0.2, 0.25) is 0 Å². The van der Waals surface area contributed by atoms with Crippen molar-refractivity contribution in [2.45, 2.75) is 37.5 Å². The van der Waals surface area contributed by atoms with E-state index >= 15 is 4.39 Å². The van der Waals surface area contributed by atoms with Gasteiger partial charge in [-0.05, 0) is 37.9 Å². The normalized spacial score (nSPS) is 22.0. The van der Waals surface area contributed by atoms with Crippen molar-refractivity contribution in [3.05, 3.63) is 59.5 Å². The first kappa shape index (κ1) is 27.3. The molecule has 0 spiro atoms. The number of rotatable bonds is 12. The summed E-state index contributed by atoms with van der Waals surface area (Å²) in [5.74, 6) is 1.22. The summed E-state index contributed by atoms with van der Waals surface area (Å²) >= 11 is 0. The Morgan fingerprint density at radius 1 is 1.32 bits per heavy atom. The van der Waals surface area contributed by atoms with E-state index in [4.69, 9.17) is 9.47 Å². The van der Waals surface area contributed by atoms with Crippen LogP contribution >= 0.6 is 0 Å². The Morgan fingerprint density at radius 2 is 2.11 bits per heavy atom. The number of methoxy groups -OCH3 is 1. The molecule has 202 valence electrons. The molecule has 0 radical (unpaired) electrons. The molecule has 0 saturated carbocycles. The number of alkyl halides is 2. The number of halogens is 2. The van der Waals surface area contributed by atoms with Gasteiger partial charge >= 0.3 is 0 Å². The Kier molecular flexibility index (Phi) is 9.00. The standard InChI is InChI=1S/C28H39F2N5O2/c1-19-14-22-21-8-5-6-9-23(21)34-26(22)27(35(19)16-28(30)17-37-18-28)20(2)24(36-4)15-25(31-3)33-13-12-32-11-7-10-29/h5-6,8-9,15,19,27,32,34H,2,7,10-14,16-18H2,1,3-4H3,(H,31,33)/b24-15+/t19-,27-/m1/s1. The molecule has 4 rings (SSSR count). The van der Waals surface area contributed by atoms with E-state index in [2.05, 4.69) is 51.1 Å². The molecule has 0 bridgehead atoms. The van der Waals surface area contributed by atoms with E-state index in [1.807, 2.05) is 18.2 Å². The van der Waals surface area contributed by atoms with Crippen molar-refractivity contribution in [1.82, 2.24) is 20.5 Å². The van der Waals surface area contributed by atoms with Crippen LogP contribution in [-0.2, 0) is 15.9 Å². The zero-order valence-corrected chi connectivity index (χ0v) is 22.1. The number of ether oxygens (including phenoxy) is 2. The predicted molar refractivity (Wildman–Crippen MR) is 145 cm³/mol. The van der Waals surface area contributed by atoms with Gasteiger partial charge in [-0.15, -0.1) is 0 Å². The number of aromatic amines is 1. The first-order chi connectivity index (χ1) is 17.9. The lowest BCUT2D eigenvalue weighted by atomic mass is 9.86. The number of aliphatic imine (C=N–C) groups is 1. The molecule has 2 aromatic rings. The number of hydrogen-bond acceptors (Lipinski definition) is 5. The first-order valence-electron chi connectivity index (χ1n) is 12.9. The maximum Gasteiger partial charge on any atom is 0.169 e. The second-order valence-electron chi connectivity index (χ2n) is 9.90. The Balaban J connectivity index is 1.62. The van der Waals surface area contributed by atoms with Gasteiger partial charge < -0.3 is 25.1 Å². The number of hydrogen-bond donors (Lipinski definition) is 3. The largest absolute Gasteiger partial charge is 0.496 e. The van der Waals surface area contributed by atoms with Crippen LogP contribution in [0.25, 0.3) is 10.9 Å². The summed E-state index contributed by atoms with van der Waals surface area (Å²) in [6.07, 6.45) is 3.15. The SMILES string of the molecule is C=C(/C(=C\C(=N/C)NCCNCCCF)OC)[C@@H]1c2[nH]c3ccccc3c2C[C@@H](C)N1CC1(F)COC1. The Bertz CT molecular complexity index is 1140. The number of amidine groups is 1. The molecule has 2 atom stereocenters. The minimum atomic E-state index is -1.37. The van der Waals surface area contributed by atoms with Crippen LogP contribution in [0.3, 0.4) is 0 Å². The number of para-hydroxylation sites is 1. The molecule has 37 heavy (non-hydrogen) atoms. The summed E-state index contributed by atoms with van der Waals surface area (Å²) < 4.78 is 38.7. The van der Waals surface area contributed by atoms with E-state index < -0.39 is 5.67 Å². The molecule has 0 amide bonds. The second-order valence-corrected chi connectivity index (χ2v) is 9.90. The number of nitrogens with zero attached hydrogens (tertiary/aromatic N) is 2. The molecule has 1 aromatic carbocycles. The third kappa shape index (κ3) is 6.05. The topological polar surface area (TPSA) is 73.9 Å². The predicted octanol–water partition coefficient (Wildman–Crippen LogP) is 3.85. The lowest BCUT2D eigenvalue weighted by molar-refractivity contribution is -0.148. The quantitative estimate of drug-likeness (QED) is 0.132. The van der Waals surface area contributed by atoms with Crippen LogP contribution in [0.1, 0.15) is 30.6 Å². The smallest absolute Gasteiger partial charge is 0.169 e. The lowest BCUT2D eigenvalue weighted by Crippen LogP contribution is -2.57. The van der Waals surface area contributed by atoms with Gasteiger partial charge in [-0.2, -0.15) is 0 Å². The van der Waals surface area contributed by atoms with Gasteiger partial charge in [0, 0.05) is 61.0 Å². The van der Waals surface area contributed by atoms with Crippen LogP contribution in [0.4, 0.5) is 8.78 Å². The highest BCUT2D eigenvalue weighted by molar-refractivity contribution is 5.94. The van der Waals surface area contributed by atoms with Gasteiger partial charge in [0.1, 0.15) is 11.6 Å². The zero-order valence-electron chi connectivity index (χ0n) is 22.1. The lowest BCUT2D eigenvalue weighted by Gasteiger charge is -2.46. The molecule has 3 N–H and O–H groups in total. The Morgan fingerprint density at radius 3 is 2.78 bits per heavy atom. The molecular weight excluding hydrogens is 476 g/mol. The number of aromatic nitrogens is 1. The highest BCUT2D eigenvalue weighted by Crippen LogP contribution is 2.43. The Labute approximate surface area is 218 Å². The average molecular weight is 516 g/mol. The average Bonchev–Trinajstić information content (AvgIpc) is 3.24. The van der Waals surface area contributed by atoms with Gasteiger partial charge in [-0.25, -0.2) is 4.39 Å². The fraction of sp³-hybridized carbons (Fsp3) is 0.536. The van der Waals surface area contributed by atoms with E-state index in [0.29, 0.717) is 37.6 Å². The number of benzene rings is 1. The van der Waals surface area contributed by atoms with Gasteiger partial charge in [0.25, 0.3) is 0 Å². The molecule has 7 nitrogen and oxygen atoms in total. The summed E-state index contributed by atoms with van der Waals surface area (Å²) in [4.78, 5) is 10.1. The molecule has 1 aromatic heterocycles. The van der Waals surface area contributed by atoms with Crippen LogP contribution in [0, 0.1) is 0 Å². The van der Waals surface area contributed by atoms with Gasteiger partial charge in [0.15, 0.2) is 5.67 Å². The zero-order chi connectivity index (χ0) is 26.4. The fourth-order valence-electron chi connectivity index (χ4n) is 5.20. The van der Waals surface area contributed by atoms with E-state index in [1.54, 1.807) is 14.2 Å². The van der Waals surface area contributed by atoms with Crippen LogP contribution < -0.4 is 10.6 Å². The summed E-state index contributed by atoms with van der Waals surface area (Å²) in [5, 5.41) is 7.66. The van der Waals surface area contributed by atoms with Crippen molar-refractivity contribution in [3.63, 3.8) is 0 Å². The molecule has 2 aliphatic heterocycles. The van der Waals surface area contributed by atoms with Crippen LogP contribution in [0.2, 0.25) is 0 Å². The summed E-state index contributed by atoms with van der Waals surface area (Å²) in [6, 6.07) is 8.05. The Hall–Kier alpha value is -2.75. The van der Waals surface area contributed by atoms with E-state index in [1.165, 1.54) is 10.9 Å². The third-order valence-corrected chi connectivity index (χ3v) is 7.18. The summed E-state index contributed by atoms with van der Waals surface area (Å²) in [6.45, 7) is 8.69. The third-order valence-electron chi connectivity index (χ3n) is 7.18. The van der Waals surface area contributed by atoms with Crippen LogP contribution in [-0.4, -0.2) is 87.7 Å². The molecule has 0 aliphatic carbocycles. The van der Waals surface area contributed by atoms with Crippen LogP contribution in [0.5, 0.6) is 0 Å². The molecule has 9 heteroatoms. The monoisotopic (exact) mass is 515 g/mol. The van der Waals surface area contributed by atoms with Crippen molar-refractivity contribution in [2.75, 3.05) is 60.2 Å². The minimum absolute atomic E-state index is 0.0904. The molecule has 1 saturated heterocycles. The molecule has 2 aliphatic rings. The van der Waals surface area contributed by atoms with E-state index in [9.17, 15) is 4.39 Å². The fourth-order valence-corrected chi connectivity index (χ4v) is 5.20. The van der Waals surface area contributed by atoms with Gasteiger partial charge in [-0.1, -0.05) is 24.8 Å². The van der Waals surface area contributed by atoms with Gasteiger partial charge in [0.05, 0.1) is 33.0 Å². The number of fused-ring (bicyclic) bond motifs is 3. The van der Waals surface area contributed by atoms with E-state index in [0.717, 1.165) is 23.2 Å². The van der Waals surface area contributed by atoms with Crippen molar-refractivity contribution in [2.24, 2.45) is 4.99 Å². The maximum absolute atomic E-state index is 15.4. The molecular formula is C28H39F2N5O2. The van der Waals surface area contributed by atoms with Crippen LogP contribution in [0.15, 0.2) is 53.2 Å². The number of nitrogens with one attached hydrogen (secondary N) is 3. The second kappa shape index (κ2) is 12.2. The van der Waals surface area contributed by atoms with E-state index in [-0.39, 0.29) is 38.5 Å². The summed E-state index contributed by atoms with van der Waals surface area (Å²) in [7, 11) is 3.32. The molecule has 3 heterocycles. The summed E-state index contributed by atoms with van der Waals surface area (Å²) in [5.41, 5.74) is 2.67. The highest BCUT2D eigenvalue weighted by atomic mass is 19.1. The number of H-pyrrole nitrogens is 1.